The van der Waals surface area contributed by atoms with Crippen LogP contribution >= 0.6 is 0 Å². The van der Waals surface area contributed by atoms with Gasteiger partial charge in [-0.2, -0.15) is 4.98 Å². The van der Waals surface area contributed by atoms with Gasteiger partial charge in [0.2, 0.25) is 5.95 Å². The van der Waals surface area contributed by atoms with E-state index in [4.69, 9.17) is 0 Å². The number of carboxylic acid groups (broad SMARTS) is 1. The van der Waals surface area contributed by atoms with E-state index in [1.54, 1.807) is 12.1 Å². The number of carboxylic acids is 1. The predicted molar refractivity (Wildman–Crippen MR) is 98.3 cm³/mol. The van der Waals surface area contributed by atoms with E-state index < -0.39 is 12.0 Å². The van der Waals surface area contributed by atoms with Gasteiger partial charge in [-0.15, -0.1) is 0 Å². The van der Waals surface area contributed by atoms with Gasteiger partial charge < -0.3 is 15.3 Å². The zero-order valence-corrected chi connectivity index (χ0v) is 14.8. The second-order valence-electron chi connectivity index (χ2n) is 6.47. The molecule has 1 aliphatic rings. The number of benzene rings is 1. The van der Waals surface area contributed by atoms with Gasteiger partial charge in [0, 0.05) is 24.0 Å². The van der Waals surface area contributed by atoms with E-state index in [1.807, 2.05) is 11.0 Å². The summed E-state index contributed by atoms with van der Waals surface area (Å²) in [6.45, 7) is 2.73. The lowest BCUT2D eigenvalue weighted by molar-refractivity contribution is -0.139. The lowest BCUT2D eigenvalue weighted by Gasteiger charge is -2.34. The summed E-state index contributed by atoms with van der Waals surface area (Å²) in [7, 11) is 0. The minimum Gasteiger partial charge on any atom is -0.480 e. The van der Waals surface area contributed by atoms with Crippen molar-refractivity contribution in [1.29, 1.82) is 0 Å². The van der Waals surface area contributed by atoms with Gasteiger partial charge in [0.25, 0.3) is 0 Å². The van der Waals surface area contributed by atoms with E-state index in [9.17, 15) is 14.3 Å². The van der Waals surface area contributed by atoms with Crippen LogP contribution in [0.25, 0.3) is 0 Å². The zero-order valence-electron chi connectivity index (χ0n) is 14.8. The summed E-state index contributed by atoms with van der Waals surface area (Å²) < 4.78 is 13.1. The fourth-order valence-electron chi connectivity index (χ4n) is 3.20. The third-order valence-corrected chi connectivity index (χ3v) is 4.45. The van der Waals surface area contributed by atoms with Crippen LogP contribution in [0.15, 0.2) is 30.3 Å². The fourth-order valence-corrected chi connectivity index (χ4v) is 3.20. The molecule has 2 aromatic rings. The molecular weight excluding hydrogens is 335 g/mol. The number of nitrogens with zero attached hydrogens (tertiary/aromatic N) is 3. The van der Waals surface area contributed by atoms with Crippen LogP contribution in [0, 0.1) is 5.82 Å². The van der Waals surface area contributed by atoms with E-state index in [0.29, 0.717) is 30.4 Å². The molecule has 26 heavy (non-hydrogen) atoms. The smallest absolute Gasteiger partial charge is 0.326 e. The molecule has 3 rings (SSSR count). The van der Waals surface area contributed by atoms with Crippen LogP contribution in [0.1, 0.15) is 38.3 Å². The average molecular weight is 358 g/mol. The van der Waals surface area contributed by atoms with E-state index >= 15 is 0 Å². The number of halogens is 1. The van der Waals surface area contributed by atoms with Crippen LogP contribution in [-0.2, 0) is 11.2 Å². The molecule has 1 saturated heterocycles. The molecule has 2 N–H and O–H groups in total. The van der Waals surface area contributed by atoms with Crippen LogP contribution in [0.2, 0.25) is 0 Å². The van der Waals surface area contributed by atoms with Crippen LogP contribution in [-0.4, -0.2) is 33.6 Å². The first-order valence-electron chi connectivity index (χ1n) is 8.97. The normalized spacial score (nSPS) is 17.2. The highest BCUT2D eigenvalue weighted by molar-refractivity contribution is 5.78. The topological polar surface area (TPSA) is 78.4 Å². The van der Waals surface area contributed by atoms with Gasteiger partial charge in [0.05, 0.1) is 0 Å². The average Bonchev–Trinajstić information content (AvgIpc) is 2.64. The highest BCUT2D eigenvalue weighted by atomic mass is 19.1. The third-order valence-electron chi connectivity index (χ3n) is 4.45. The first kappa shape index (κ1) is 18.1. The van der Waals surface area contributed by atoms with E-state index in [-0.39, 0.29) is 5.82 Å². The molecule has 0 aliphatic carbocycles. The van der Waals surface area contributed by atoms with E-state index in [0.717, 1.165) is 31.4 Å². The molecule has 7 heteroatoms. The lowest BCUT2D eigenvalue weighted by atomic mass is 10.0. The standard InChI is InChI=1S/C19H23FN4O2/c1-2-5-15-12-17(24-11-4-3-6-16(24)18(25)26)23-19(22-15)21-14-9-7-13(20)8-10-14/h7-10,12,16H,2-6,11H2,1H3,(H,25,26)(H,21,22,23). The fraction of sp³-hybridized carbons (Fsp3) is 0.421. The van der Waals surface area contributed by atoms with Gasteiger partial charge in [-0.3, -0.25) is 0 Å². The number of aryl methyl sites for hydroxylation is 1. The van der Waals surface area contributed by atoms with Crippen molar-refractivity contribution in [1.82, 2.24) is 9.97 Å². The molecule has 1 atom stereocenters. The van der Waals surface area contributed by atoms with Crippen molar-refractivity contribution in [3.8, 4) is 0 Å². The summed E-state index contributed by atoms with van der Waals surface area (Å²) in [4.78, 5) is 22.5. The Bertz CT molecular complexity index is 767. The highest BCUT2D eigenvalue weighted by Crippen LogP contribution is 2.26. The number of hydrogen-bond donors (Lipinski definition) is 2. The van der Waals surface area contributed by atoms with Crippen LogP contribution in [0.5, 0.6) is 0 Å². The van der Waals surface area contributed by atoms with Crippen molar-refractivity contribution in [2.45, 2.75) is 45.1 Å². The first-order valence-corrected chi connectivity index (χ1v) is 8.97. The van der Waals surface area contributed by atoms with Crippen LogP contribution in [0.4, 0.5) is 21.8 Å². The Morgan fingerprint density at radius 1 is 1.31 bits per heavy atom. The summed E-state index contributed by atoms with van der Waals surface area (Å²) in [5, 5.41) is 12.6. The number of carbonyl (C=O) groups is 1. The number of anilines is 3. The Balaban J connectivity index is 1.92. The summed E-state index contributed by atoms with van der Waals surface area (Å²) >= 11 is 0. The molecule has 2 heterocycles. The molecule has 1 aliphatic heterocycles. The Morgan fingerprint density at radius 2 is 2.08 bits per heavy atom. The summed E-state index contributed by atoms with van der Waals surface area (Å²) in [5.74, 6) is -0.115. The quantitative estimate of drug-likeness (QED) is 0.819. The Hall–Kier alpha value is -2.70. The second-order valence-corrected chi connectivity index (χ2v) is 6.47. The van der Waals surface area contributed by atoms with Crippen molar-refractivity contribution >= 4 is 23.4 Å². The maximum atomic E-state index is 13.1. The Labute approximate surface area is 152 Å². The molecule has 0 saturated carbocycles. The predicted octanol–water partition coefficient (Wildman–Crippen LogP) is 3.76. The monoisotopic (exact) mass is 358 g/mol. The first-order chi connectivity index (χ1) is 12.6. The van der Waals surface area contributed by atoms with Crippen molar-refractivity contribution in [3.63, 3.8) is 0 Å². The molecule has 0 spiro atoms. The number of aliphatic carboxylic acids is 1. The van der Waals surface area contributed by atoms with Gasteiger partial charge >= 0.3 is 5.97 Å². The number of nitrogens with one attached hydrogen (secondary N) is 1. The van der Waals surface area contributed by atoms with Crippen LogP contribution in [0.3, 0.4) is 0 Å². The van der Waals surface area contributed by atoms with E-state index in [1.165, 1.54) is 12.1 Å². The molecule has 0 amide bonds. The van der Waals surface area contributed by atoms with Gasteiger partial charge in [0.15, 0.2) is 0 Å². The summed E-state index contributed by atoms with van der Waals surface area (Å²) in [6, 6.07) is 7.28. The number of aromatic nitrogens is 2. The largest absolute Gasteiger partial charge is 0.480 e. The minimum absolute atomic E-state index is 0.311. The third kappa shape index (κ3) is 4.28. The van der Waals surface area contributed by atoms with Crippen LogP contribution < -0.4 is 10.2 Å². The zero-order chi connectivity index (χ0) is 18.5. The molecule has 6 nitrogen and oxygen atoms in total. The molecule has 1 aromatic carbocycles. The molecule has 0 radical (unpaired) electrons. The maximum absolute atomic E-state index is 13.1. The molecule has 1 fully saturated rings. The number of piperidine rings is 1. The van der Waals surface area contributed by atoms with Crippen molar-refractivity contribution in [2.24, 2.45) is 0 Å². The lowest BCUT2D eigenvalue weighted by Crippen LogP contribution is -2.45. The van der Waals surface area contributed by atoms with Gasteiger partial charge in [0.1, 0.15) is 17.7 Å². The molecule has 1 unspecified atom stereocenters. The van der Waals surface area contributed by atoms with Gasteiger partial charge in [-0.1, -0.05) is 13.3 Å². The Morgan fingerprint density at radius 3 is 2.77 bits per heavy atom. The maximum Gasteiger partial charge on any atom is 0.326 e. The minimum atomic E-state index is -0.826. The molecular formula is C19H23FN4O2. The summed E-state index contributed by atoms with van der Waals surface area (Å²) in [5.41, 5.74) is 1.54. The van der Waals surface area contributed by atoms with Gasteiger partial charge in [-0.05, 0) is 49.9 Å². The summed E-state index contributed by atoms with van der Waals surface area (Å²) in [6.07, 6.45) is 4.16. The van der Waals surface area contributed by atoms with Crippen molar-refractivity contribution in [3.05, 3.63) is 41.8 Å². The second kappa shape index (κ2) is 8.12. The van der Waals surface area contributed by atoms with Gasteiger partial charge in [-0.25, -0.2) is 14.2 Å². The van der Waals surface area contributed by atoms with Crippen molar-refractivity contribution < 1.29 is 14.3 Å². The highest BCUT2D eigenvalue weighted by Gasteiger charge is 2.30. The van der Waals surface area contributed by atoms with E-state index in [2.05, 4.69) is 22.2 Å². The molecule has 138 valence electrons. The molecule has 0 bridgehead atoms. The van der Waals surface area contributed by atoms with Crippen molar-refractivity contribution in [2.75, 3.05) is 16.8 Å². The SMILES string of the molecule is CCCc1cc(N2CCCCC2C(=O)O)nc(Nc2ccc(F)cc2)n1. The number of hydrogen-bond acceptors (Lipinski definition) is 5. The molecule has 1 aromatic heterocycles. The number of rotatable bonds is 6. The Kier molecular flexibility index (Phi) is 5.65.